The zero-order valence-corrected chi connectivity index (χ0v) is 14.5. The van der Waals surface area contributed by atoms with Crippen LogP contribution in [0.1, 0.15) is 27.6 Å². The van der Waals surface area contributed by atoms with E-state index in [1.54, 1.807) is 24.4 Å². The van der Waals surface area contributed by atoms with Crippen molar-refractivity contribution in [3.8, 4) is 0 Å². The van der Waals surface area contributed by atoms with Crippen LogP contribution in [-0.4, -0.2) is 40.2 Å². The van der Waals surface area contributed by atoms with E-state index < -0.39 is 18.3 Å². The number of ether oxygens (including phenoxy) is 1. The number of carbonyl (C=O) groups is 2. The van der Waals surface area contributed by atoms with E-state index in [9.17, 15) is 19.8 Å². The van der Waals surface area contributed by atoms with E-state index in [0.717, 1.165) is 17.4 Å². The lowest BCUT2D eigenvalue weighted by Crippen LogP contribution is -2.35. The van der Waals surface area contributed by atoms with Crippen LogP contribution in [0.15, 0.2) is 54.7 Å². The number of hydrogen-bond acceptors (Lipinski definition) is 5. The van der Waals surface area contributed by atoms with E-state index >= 15 is 0 Å². The SMILES string of the molecule is O=Cc1c[nH]c2ccc(C(O)C(O)CNC(=O)OCc3ccccc3)cc12. The van der Waals surface area contributed by atoms with Gasteiger partial charge in [0.15, 0.2) is 6.29 Å². The quantitative estimate of drug-likeness (QED) is 0.478. The molecule has 3 rings (SSSR count). The van der Waals surface area contributed by atoms with E-state index in [2.05, 4.69) is 10.3 Å². The van der Waals surface area contributed by atoms with Crippen molar-refractivity contribution in [2.45, 2.75) is 18.8 Å². The molecule has 7 heteroatoms. The third-order valence-corrected chi connectivity index (χ3v) is 4.24. The molecule has 0 aliphatic heterocycles. The molecule has 0 radical (unpaired) electrons. The van der Waals surface area contributed by atoms with Crippen LogP contribution in [0.5, 0.6) is 0 Å². The minimum absolute atomic E-state index is 0.115. The molecule has 0 aliphatic rings. The third-order valence-electron chi connectivity index (χ3n) is 4.24. The zero-order valence-electron chi connectivity index (χ0n) is 14.5. The Morgan fingerprint density at radius 2 is 1.96 bits per heavy atom. The number of nitrogens with one attached hydrogen (secondary N) is 2. The maximum absolute atomic E-state index is 11.7. The molecule has 0 fully saturated rings. The van der Waals surface area contributed by atoms with Crippen LogP contribution in [0.3, 0.4) is 0 Å². The average Bonchev–Trinajstić information content (AvgIpc) is 3.13. The van der Waals surface area contributed by atoms with E-state index in [1.165, 1.54) is 0 Å². The molecular formula is C20H20N2O5. The summed E-state index contributed by atoms with van der Waals surface area (Å²) in [5, 5.41) is 23.6. The number of hydrogen-bond donors (Lipinski definition) is 4. The number of carbonyl (C=O) groups excluding carboxylic acids is 2. The summed E-state index contributed by atoms with van der Waals surface area (Å²) < 4.78 is 5.06. The Balaban J connectivity index is 1.55. The molecule has 2 aromatic carbocycles. The zero-order chi connectivity index (χ0) is 19.2. The Kier molecular flexibility index (Phi) is 5.85. The van der Waals surface area contributed by atoms with Crippen molar-refractivity contribution in [1.29, 1.82) is 0 Å². The number of aromatic nitrogens is 1. The summed E-state index contributed by atoms with van der Waals surface area (Å²) in [4.78, 5) is 25.7. The number of alkyl carbamates (subject to hydrolysis) is 1. The minimum atomic E-state index is -1.23. The van der Waals surface area contributed by atoms with Crippen LogP contribution in [0.4, 0.5) is 4.79 Å². The summed E-state index contributed by atoms with van der Waals surface area (Å²) in [6.45, 7) is -0.0650. The van der Waals surface area contributed by atoms with Gasteiger partial charge in [0.1, 0.15) is 18.8 Å². The van der Waals surface area contributed by atoms with Crippen molar-refractivity contribution in [2.24, 2.45) is 0 Å². The van der Waals surface area contributed by atoms with Crippen LogP contribution in [0.2, 0.25) is 0 Å². The lowest BCUT2D eigenvalue weighted by molar-refractivity contribution is 0.0185. The van der Waals surface area contributed by atoms with Crippen molar-refractivity contribution >= 4 is 23.3 Å². The Morgan fingerprint density at radius 3 is 2.70 bits per heavy atom. The van der Waals surface area contributed by atoms with Gasteiger partial charge in [0.05, 0.1) is 0 Å². The van der Waals surface area contributed by atoms with Crippen LogP contribution in [-0.2, 0) is 11.3 Å². The van der Waals surface area contributed by atoms with Crippen LogP contribution < -0.4 is 5.32 Å². The number of rotatable bonds is 7. The summed E-state index contributed by atoms with van der Waals surface area (Å²) in [5.74, 6) is 0. The van der Waals surface area contributed by atoms with Crippen molar-refractivity contribution < 1.29 is 24.5 Å². The predicted octanol–water partition coefficient (Wildman–Crippen LogP) is 2.30. The van der Waals surface area contributed by atoms with Crippen LogP contribution in [0.25, 0.3) is 10.9 Å². The van der Waals surface area contributed by atoms with Gasteiger partial charge in [-0.15, -0.1) is 0 Å². The first-order chi connectivity index (χ1) is 13.1. The molecular weight excluding hydrogens is 348 g/mol. The van der Waals surface area contributed by atoms with Gasteiger partial charge in [-0.3, -0.25) is 4.79 Å². The van der Waals surface area contributed by atoms with E-state index in [1.807, 2.05) is 30.3 Å². The Labute approximate surface area is 155 Å². The smallest absolute Gasteiger partial charge is 0.407 e. The van der Waals surface area contributed by atoms with Gasteiger partial charge in [-0.2, -0.15) is 0 Å². The lowest BCUT2D eigenvalue weighted by Gasteiger charge is -2.19. The molecule has 1 aromatic heterocycles. The van der Waals surface area contributed by atoms with Crippen molar-refractivity contribution in [3.63, 3.8) is 0 Å². The molecule has 7 nitrogen and oxygen atoms in total. The Morgan fingerprint density at radius 1 is 1.19 bits per heavy atom. The van der Waals surface area contributed by atoms with Gasteiger partial charge in [0.2, 0.25) is 0 Å². The maximum atomic E-state index is 11.7. The van der Waals surface area contributed by atoms with Crippen molar-refractivity contribution in [2.75, 3.05) is 6.54 Å². The van der Waals surface area contributed by atoms with Gasteiger partial charge in [-0.05, 0) is 23.3 Å². The normalized spacial score (nSPS) is 13.1. The maximum Gasteiger partial charge on any atom is 0.407 e. The predicted molar refractivity (Wildman–Crippen MR) is 99.3 cm³/mol. The molecule has 0 bridgehead atoms. The average molecular weight is 368 g/mol. The summed E-state index contributed by atoms with van der Waals surface area (Å²) in [7, 11) is 0. The number of H-pyrrole nitrogens is 1. The van der Waals surface area contributed by atoms with E-state index in [-0.39, 0.29) is 13.2 Å². The Hall–Kier alpha value is -3.16. The molecule has 1 amide bonds. The summed E-state index contributed by atoms with van der Waals surface area (Å²) >= 11 is 0. The second-order valence-corrected chi connectivity index (χ2v) is 6.12. The van der Waals surface area contributed by atoms with Crippen molar-refractivity contribution in [3.05, 3.63) is 71.4 Å². The highest BCUT2D eigenvalue weighted by Crippen LogP contribution is 2.24. The number of aliphatic hydroxyl groups is 2. The fourth-order valence-corrected chi connectivity index (χ4v) is 2.74. The van der Waals surface area contributed by atoms with Gasteiger partial charge in [-0.1, -0.05) is 36.4 Å². The molecule has 0 spiro atoms. The first kappa shape index (κ1) is 18.6. The first-order valence-electron chi connectivity index (χ1n) is 8.45. The lowest BCUT2D eigenvalue weighted by atomic mass is 10.0. The fourth-order valence-electron chi connectivity index (χ4n) is 2.74. The largest absolute Gasteiger partial charge is 0.445 e. The number of benzene rings is 2. The highest BCUT2D eigenvalue weighted by molar-refractivity contribution is 5.97. The van der Waals surface area contributed by atoms with Crippen molar-refractivity contribution in [1.82, 2.24) is 10.3 Å². The van der Waals surface area contributed by atoms with Gasteiger partial charge < -0.3 is 25.3 Å². The topological polar surface area (TPSA) is 112 Å². The third kappa shape index (κ3) is 4.52. The highest BCUT2D eigenvalue weighted by atomic mass is 16.5. The number of aliphatic hydroxyl groups excluding tert-OH is 2. The van der Waals surface area contributed by atoms with Crippen LogP contribution in [0, 0.1) is 0 Å². The first-order valence-corrected chi connectivity index (χ1v) is 8.45. The fraction of sp³-hybridized carbons (Fsp3) is 0.200. The standard InChI is InChI=1S/C20H20N2O5/c23-11-15-9-21-17-7-6-14(8-16(15)17)19(25)18(24)10-22-20(26)27-12-13-4-2-1-3-5-13/h1-9,11,18-19,21,24-25H,10,12H2,(H,22,26). The minimum Gasteiger partial charge on any atom is -0.445 e. The number of fused-ring (bicyclic) bond motifs is 1. The second-order valence-electron chi connectivity index (χ2n) is 6.12. The summed E-state index contributed by atoms with van der Waals surface area (Å²) in [5.41, 5.74) is 2.51. The molecule has 3 aromatic rings. The van der Waals surface area contributed by atoms with Gasteiger partial charge >= 0.3 is 6.09 Å². The van der Waals surface area contributed by atoms with E-state index in [4.69, 9.17) is 4.74 Å². The molecule has 0 saturated heterocycles. The van der Waals surface area contributed by atoms with E-state index in [0.29, 0.717) is 16.5 Å². The number of aromatic amines is 1. The second kappa shape index (κ2) is 8.48. The van der Waals surface area contributed by atoms with Gasteiger partial charge in [0, 0.05) is 29.2 Å². The molecule has 140 valence electrons. The monoisotopic (exact) mass is 368 g/mol. The van der Waals surface area contributed by atoms with Gasteiger partial charge in [-0.25, -0.2) is 4.79 Å². The molecule has 1 heterocycles. The summed E-state index contributed by atoms with van der Waals surface area (Å²) in [6, 6.07) is 14.2. The summed E-state index contributed by atoms with van der Waals surface area (Å²) in [6.07, 6.45) is -0.845. The molecule has 2 atom stereocenters. The molecule has 27 heavy (non-hydrogen) atoms. The van der Waals surface area contributed by atoms with Crippen LogP contribution >= 0.6 is 0 Å². The number of amides is 1. The number of aldehydes is 1. The molecule has 2 unspecified atom stereocenters. The molecule has 4 N–H and O–H groups in total. The Bertz CT molecular complexity index is 923. The highest BCUT2D eigenvalue weighted by Gasteiger charge is 2.20. The molecule has 0 saturated carbocycles. The van der Waals surface area contributed by atoms with Gasteiger partial charge in [0.25, 0.3) is 0 Å². The molecule has 0 aliphatic carbocycles.